The number of hydrogen-bond donors (Lipinski definition) is 1. The smallest absolute Gasteiger partial charge is 0.0678 e. The lowest BCUT2D eigenvalue weighted by molar-refractivity contribution is -0.115. The lowest BCUT2D eigenvalue weighted by Gasteiger charge is -2.52. The van der Waals surface area contributed by atoms with Gasteiger partial charge in [-0.15, -0.1) is 0 Å². The van der Waals surface area contributed by atoms with E-state index in [0.717, 1.165) is 31.5 Å². The Bertz CT molecular complexity index is 262. The fourth-order valence-electron chi connectivity index (χ4n) is 4.35. The van der Waals surface area contributed by atoms with Crippen LogP contribution in [0.25, 0.3) is 0 Å². The van der Waals surface area contributed by atoms with E-state index in [1.807, 2.05) is 0 Å². The van der Waals surface area contributed by atoms with Gasteiger partial charge in [0.25, 0.3) is 0 Å². The molecule has 0 spiro atoms. The molecule has 2 rings (SSSR count). The van der Waals surface area contributed by atoms with E-state index in [0.29, 0.717) is 12.2 Å². The molecule has 1 aliphatic carbocycles. The van der Waals surface area contributed by atoms with Crippen LogP contribution in [-0.4, -0.2) is 42.3 Å². The lowest BCUT2D eigenvalue weighted by atomic mass is 9.70. The van der Waals surface area contributed by atoms with Gasteiger partial charge in [0.2, 0.25) is 0 Å². The van der Waals surface area contributed by atoms with Gasteiger partial charge in [-0.05, 0) is 44.9 Å². The van der Waals surface area contributed by atoms with Crippen molar-refractivity contribution in [2.75, 3.05) is 19.6 Å². The molecule has 1 saturated heterocycles. The van der Waals surface area contributed by atoms with Crippen LogP contribution in [0.4, 0.5) is 0 Å². The fourth-order valence-corrected chi connectivity index (χ4v) is 4.35. The molecule has 2 N–H and O–H groups in total. The van der Waals surface area contributed by atoms with Crippen LogP contribution in [0.1, 0.15) is 47.0 Å². The molecule has 2 fully saturated rings. The van der Waals surface area contributed by atoms with Gasteiger partial charge in [-0.2, -0.15) is 0 Å². The van der Waals surface area contributed by atoms with E-state index in [1.54, 1.807) is 0 Å². The quantitative estimate of drug-likeness (QED) is 0.821. The number of hydrogen-bond acceptors (Lipinski definition) is 3. The first-order chi connectivity index (χ1) is 8.45. The Morgan fingerprint density at radius 2 is 1.56 bits per heavy atom. The van der Waals surface area contributed by atoms with Crippen molar-refractivity contribution in [2.45, 2.75) is 64.7 Å². The molecule has 0 aromatic heterocycles. The Kier molecular flexibility index (Phi) is 4.35. The maximum atomic E-state index is 6.20. The number of nitrogens with zero attached hydrogens (tertiary/aromatic N) is 1. The second kappa shape index (κ2) is 5.48. The topological polar surface area (TPSA) is 38.5 Å². The van der Waals surface area contributed by atoms with E-state index < -0.39 is 0 Å². The van der Waals surface area contributed by atoms with Crippen molar-refractivity contribution in [3.63, 3.8) is 0 Å². The molecule has 4 unspecified atom stereocenters. The molecule has 4 atom stereocenters. The predicted molar refractivity (Wildman–Crippen MR) is 75.5 cm³/mol. The van der Waals surface area contributed by atoms with Gasteiger partial charge in [0.1, 0.15) is 0 Å². The summed E-state index contributed by atoms with van der Waals surface area (Å²) in [7, 11) is 0. The molecule has 3 nitrogen and oxygen atoms in total. The molecule has 18 heavy (non-hydrogen) atoms. The SMILES string of the molecule is CC1CC(C)CC(CN)(N2CC(C)OC(C)C2)C1. The average molecular weight is 254 g/mol. The number of morpholine rings is 1. The van der Waals surface area contributed by atoms with Gasteiger partial charge >= 0.3 is 0 Å². The second-order valence-electron chi connectivity index (χ2n) is 6.95. The third kappa shape index (κ3) is 2.89. The molecular weight excluding hydrogens is 224 g/mol. The third-order valence-electron chi connectivity index (χ3n) is 4.73. The van der Waals surface area contributed by atoms with Crippen molar-refractivity contribution in [3.8, 4) is 0 Å². The highest BCUT2D eigenvalue weighted by atomic mass is 16.5. The molecule has 106 valence electrons. The van der Waals surface area contributed by atoms with Crippen molar-refractivity contribution < 1.29 is 4.74 Å². The van der Waals surface area contributed by atoms with Crippen molar-refractivity contribution in [1.82, 2.24) is 4.90 Å². The van der Waals surface area contributed by atoms with Crippen LogP contribution in [0.3, 0.4) is 0 Å². The second-order valence-corrected chi connectivity index (χ2v) is 6.95. The van der Waals surface area contributed by atoms with Crippen LogP contribution in [0.2, 0.25) is 0 Å². The summed E-state index contributed by atoms with van der Waals surface area (Å²) in [6, 6.07) is 0. The largest absolute Gasteiger partial charge is 0.373 e. The van der Waals surface area contributed by atoms with Gasteiger partial charge in [-0.25, -0.2) is 0 Å². The molecule has 1 heterocycles. The van der Waals surface area contributed by atoms with Crippen molar-refractivity contribution in [2.24, 2.45) is 17.6 Å². The summed E-state index contributed by atoms with van der Waals surface area (Å²) in [5.74, 6) is 1.59. The lowest BCUT2D eigenvalue weighted by Crippen LogP contribution is -2.62. The van der Waals surface area contributed by atoms with Gasteiger partial charge in [-0.1, -0.05) is 13.8 Å². The molecule has 0 aromatic rings. The van der Waals surface area contributed by atoms with Gasteiger partial charge in [0.15, 0.2) is 0 Å². The molecule has 0 radical (unpaired) electrons. The van der Waals surface area contributed by atoms with Gasteiger partial charge in [0.05, 0.1) is 12.2 Å². The van der Waals surface area contributed by atoms with Gasteiger partial charge < -0.3 is 10.5 Å². The van der Waals surface area contributed by atoms with E-state index in [1.165, 1.54) is 19.3 Å². The zero-order chi connectivity index (χ0) is 13.3. The minimum absolute atomic E-state index is 0.226. The molecule has 3 heteroatoms. The predicted octanol–water partition coefficient (Wildman–Crippen LogP) is 2.25. The molecule has 0 amide bonds. The molecule has 2 aliphatic rings. The van der Waals surface area contributed by atoms with Crippen LogP contribution < -0.4 is 5.73 Å². The van der Waals surface area contributed by atoms with Crippen LogP contribution in [0, 0.1) is 11.8 Å². The summed E-state index contributed by atoms with van der Waals surface area (Å²) >= 11 is 0. The van der Waals surface area contributed by atoms with Crippen LogP contribution in [0.5, 0.6) is 0 Å². The van der Waals surface area contributed by atoms with Crippen molar-refractivity contribution >= 4 is 0 Å². The van der Waals surface area contributed by atoms with Crippen molar-refractivity contribution in [1.29, 1.82) is 0 Å². The van der Waals surface area contributed by atoms with E-state index in [9.17, 15) is 0 Å². The number of rotatable bonds is 2. The van der Waals surface area contributed by atoms with E-state index in [-0.39, 0.29) is 5.54 Å². The first-order valence-electron chi connectivity index (χ1n) is 7.56. The van der Waals surface area contributed by atoms with Gasteiger partial charge in [-0.3, -0.25) is 4.90 Å². The summed E-state index contributed by atoms with van der Waals surface area (Å²) in [5, 5.41) is 0. The first kappa shape index (κ1) is 14.3. The van der Waals surface area contributed by atoms with E-state index >= 15 is 0 Å². The number of ether oxygens (including phenoxy) is 1. The minimum atomic E-state index is 0.226. The Balaban J connectivity index is 2.15. The average Bonchev–Trinajstić information content (AvgIpc) is 2.26. The van der Waals surface area contributed by atoms with E-state index in [2.05, 4.69) is 32.6 Å². The van der Waals surface area contributed by atoms with Crippen LogP contribution in [0.15, 0.2) is 0 Å². The highest BCUT2D eigenvalue weighted by Gasteiger charge is 2.43. The summed E-state index contributed by atoms with van der Waals surface area (Å²) in [4.78, 5) is 2.64. The zero-order valence-electron chi connectivity index (χ0n) is 12.5. The molecule has 1 saturated carbocycles. The summed E-state index contributed by atoms with van der Waals surface area (Å²) in [6.07, 6.45) is 4.55. The summed E-state index contributed by atoms with van der Waals surface area (Å²) < 4.78 is 5.87. The molecule has 0 bridgehead atoms. The Morgan fingerprint density at radius 3 is 2.00 bits per heavy atom. The van der Waals surface area contributed by atoms with E-state index in [4.69, 9.17) is 10.5 Å². The summed E-state index contributed by atoms with van der Waals surface area (Å²) in [6.45, 7) is 12.0. The van der Waals surface area contributed by atoms with Gasteiger partial charge in [0, 0.05) is 25.2 Å². The maximum Gasteiger partial charge on any atom is 0.0678 e. The summed E-state index contributed by atoms with van der Waals surface area (Å²) in [5.41, 5.74) is 6.43. The Morgan fingerprint density at radius 1 is 1.06 bits per heavy atom. The highest BCUT2D eigenvalue weighted by molar-refractivity contribution is 4.99. The molecular formula is C15H30N2O. The zero-order valence-corrected chi connectivity index (χ0v) is 12.5. The first-order valence-corrected chi connectivity index (χ1v) is 7.56. The normalized spacial score (nSPS) is 47.2. The number of nitrogens with two attached hydrogens (primary N) is 1. The van der Waals surface area contributed by atoms with Crippen LogP contribution in [-0.2, 0) is 4.74 Å². The van der Waals surface area contributed by atoms with Crippen LogP contribution >= 0.6 is 0 Å². The Labute approximate surface area is 112 Å². The monoisotopic (exact) mass is 254 g/mol. The highest BCUT2D eigenvalue weighted by Crippen LogP contribution is 2.40. The third-order valence-corrected chi connectivity index (χ3v) is 4.73. The fraction of sp³-hybridized carbons (Fsp3) is 1.00. The Hall–Kier alpha value is -0.120. The molecule has 0 aromatic carbocycles. The molecule has 1 aliphatic heterocycles. The minimum Gasteiger partial charge on any atom is -0.373 e. The van der Waals surface area contributed by atoms with Crippen molar-refractivity contribution in [3.05, 3.63) is 0 Å². The maximum absolute atomic E-state index is 6.20. The standard InChI is InChI=1S/C15H30N2O/c1-11-5-12(2)7-15(6-11,10-16)17-8-13(3)18-14(4)9-17/h11-14H,5-10,16H2,1-4H3.